The molecule has 4 N–H and O–H groups in total. The molecular formula is C42H53BN2NaO18. The van der Waals surface area contributed by atoms with E-state index in [1.165, 1.54) is 13.0 Å². The van der Waals surface area contributed by atoms with Gasteiger partial charge in [-0.3, -0.25) is 24.2 Å². The van der Waals surface area contributed by atoms with E-state index in [-0.39, 0.29) is 74.5 Å². The molecule has 2 saturated heterocycles. The summed E-state index contributed by atoms with van der Waals surface area (Å²) in [7, 11) is 4.32. The summed E-state index contributed by atoms with van der Waals surface area (Å²) in [5, 5.41) is 36.6. The van der Waals surface area contributed by atoms with Gasteiger partial charge in [0.25, 0.3) is 5.97 Å². The van der Waals surface area contributed by atoms with Crippen LogP contribution < -0.4 is 29.6 Å². The fraction of sp³-hybridized carbons (Fsp3) is 0.405. The van der Waals surface area contributed by atoms with Crippen LogP contribution in [0.15, 0.2) is 86.0 Å². The number of aliphatic hydroxyl groups is 1. The Balaban J connectivity index is 0. The van der Waals surface area contributed by atoms with Crippen LogP contribution in [0, 0.1) is 10.8 Å². The third-order valence-corrected chi connectivity index (χ3v) is 8.88. The monoisotopic (exact) mass is 907 g/mol. The van der Waals surface area contributed by atoms with Crippen molar-refractivity contribution in [3.8, 4) is 0 Å². The van der Waals surface area contributed by atoms with E-state index in [0.717, 1.165) is 41.7 Å². The number of carbonyl (C=O) groups is 9. The second-order valence-electron chi connectivity index (χ2n) is 14.0. The molecule has 2 fully saturated rings. The van der Waals surface area contributed by atoms with Gasteiger partial charge in [-0.2, -0.15) is 0 Å². The third kappa shape index (κ3) is 20.4. The molecule has 343 valence electrons. The molecule has 0 bridgehead atoms. The third-order valence-electron chi connectivity index (χ3n) is 8.88. The molecule has 2 amide bonds. The number of amides is 2. The zero-order valence-electron chi connectivity index (χ0n) is 36.8. The Hall–Kier alpha value is -6.03. The number of likely N-dealkylation sites (tertiary alicyclic amines) is 2. The maximum absolute atomic E-state index is 12.3. The van der Waals surface area contributed by atoms with Gasteiger partial charge in [0.1, 0.15) is 25.3 Å². The van der Waals surface area contributed by atoms with Crippen molar-refractivity contribution in [1.82, 2.24) is 9.80 Å². The van der Waals surface area contributed by atoms with E-state index in [1.807, 2.05) is 48.5 Å². The second-order valence-corrected chi connectivity index (χ2v) is 14.0. The van der Waals surface area contributed by atoms with Crippen LogP contribution in [0.3, 0.4) is 0 Å². The number of nitrogens with zero attached hydrogens (tertiary/aromatic N) is 2. The Morgan fingerprint density at radius 2 is 1.08 bits per heavy atom. The molecule has 2 heterocycles. The molecule has 22 heteroatoms. The molecule has 64 heavy (non-hydrogen) atoms. The first-order chi connectivity index (χ1) is 29.4. The van der Waals surface area contributed by atoms with E-state index < -0.39 is 77.0 Å². The normalized spacial score (nSPS) is 20.0. The van der Waals surface area contributed by atoms with Gasteiger partial charge in [0, 0.05) is 33.1 Å². The summed E-state index contributed by atoms with van der Waals surface area (Å²) in [4.78, 5) is 108. The van der Waals surface area contributed by atoms with Gasteiger partial charge in [-0.1, -0.05) is 79.7 Å². The minimum Gasteiger partial charge on any atom is -0.793 e. The van der Waals surface area contributed by atoms with Gasteiger partial charge in [-0.05, 0) is 30.9 Å². The molecule has 0 spiro atoms. The number of rotatable bonds is 10. The van der Waals surface area contributed by atoms with E-state index in [4.69, 9.17) is 19.4 Å². The first-order valence-corrected chi connectivity index (χ1v) is 18.7. The SMILES string of the molecule is C=CC[C@]1(C)C(=O)CN(C(=O)OCc2ccccc2)[C@@H]1C(=O)O.C=CC[C@]1(C)[C@@H](O)CN(C(=O)OCc2ccccc2)[C@@H]1C(=O)O.CC(=O)O.CC(=O)OOC(C)=O.[B-]OC(C)=O.[Na+]. The van der Waals surface area contributed by atoms with Gasteiger partial charge in [0.2, 0.25) is 5.97 Å². The number of ether oxygens (including phenoxy) is 2. The van der Waals surface area contributed by atoms with Gasteiger partial charge < -0.3 is 42.6 Å². The Bertz CT molecular complexity index is 1880. The van der Waals surface area contributed by atoms with Gasteiger partial charge in [-0.25, -0.2) is 38.5 Å². The van der Waals surface area contributed by atoms with Crippen LogP contribution in [0.5, 0.6) is 0 Å². The summed E-state index contributed by atoms with van der Waals surface area (Å²) >= 11 is 0. The van der Waals surface area contributed by atoms with Crippen LogP contribution in [0.4, 0.5) is 9.59 Å². The van der Waals surface area contributed by atoms with Crippen molar-refractivity contribution in [3.63, 3.8) is 0 Å². The standard InChI is InChI=1S/C17H21NO5.C17H19NO5.C4H6O4.C2H3BO2.C2H4O2.Na/c2*1-3-9-17(2)13(19)10-18(14(17)15(20)21)16(22)23-11-12-7-5-4-6-8-12;1-3(5)7-8-4(2)6;1-2(4)5-3;1-2(3)4;/h3-8,13-14,19H,1,9-11H2,2H3,(H,20,21);3-8,14H,1,9-11H2,2H3,(H,20,21);1-2H3;1H3;1H3,(H,3,4);/q;;;-1;;+1/t13-,14+,17+;14-,17-;;;;/m01..../s1. The maximum atomic E-state index is 12.3. The summed E-state index contributed by atoms with van der Waals surface area (Å²) in [5.41, 5.74) is -0.577. The molecule has 0 aliphatic carbocycles. The average Bonchev–Trinajstić information content (AvgIpc) is 3.64. The summed E-state index contributed by atoms with van der Waals surface area (Å²) in [6.45, 7) is 14.7. The maximum Gasteiger partial charge on any atom is 1.00 e. The zero-order valence-corrected chi connectivity index (χ0v) is 38.8. The summed E-state index contributed by atoms with van der Waals surface area (Å²) in [6, 6.07) is 15.7. The number of aliphatic carboxylic acids is 3. The molecule has 0 unspecified atom stereocenters. The molecule has 2 aromatic rings. The molecule has 5 atom stereocenters. The molecule has 2 aliphatic heterocycles. The summed E-state index contributed by atoms with van der Waals surface area (Å²) in [5.74, 6) is -5.27. The first-order valence-electron chi connectivity index (χ1n) is 18.7. The average molecular weight is 908 g/mol. The van der Waals surface area contributed by atoms with Gasteiger partial charge >= 0.3 is 65.6 Å². The van der Waals surface area contributed by atoms with E-state index in [1.54, 1.807) is 32.1 Å². The molecule has 0 saturated carbocycles. The number of aliphatic hydroxyl groups excluding tert-OH is 1. The first kappa shape index (κ1) is 60.1. The number of allylic oxidation sites excluding steroid dienone is 2. The number of hydrogen-bond acceptors (Lipinski definition) is 15. The Morgan fingerprint density at radius 3 is 1.41 bits per heavy atom. The number of hydrogen-bond donors (Lipinski definition) is 4. The van der Waals surface area contributed by atoms with Crippen LogP contribution in [0.2, 0.25) is 0 Å². The summed E-state index contributed by atoms with van der Waals surface area (Å²) in [6.07, 6.45) is 1.02. The Kier molecular flexibility index (Phi) is 28.3. The van der Waals surface area contributed by atoms with Gasteiger partial charge in [-0.15, -0.1) is 13.2 Å². The minimum absolute atomic E-state index is 0. The number of carboxylic acids is 3. The Labute approximate surface area is 393 Å². The fourth-order valence-electron chi connectivity index (χ4n) is 5.94. The Morgan fingerprint density at radius 1 is 0.703 bits per heavy atom. The molecule has 4 rings (SSSR count). The van der Waals surface area contributed by atoms with E-state index in [2.05, 4.69) is 35.6 Å². The van der Waals surface area contributed by atoms with Crippen molar-refractivity contribution >= 4 is 61.8 Å². The van der Waals surface area contributed by atoms with Crippen molar-refractivity contribution in [2.45, 2.75) is 85.8 Å². The fourth-order valence-corrected chi connectivity index (χ4v) is 5.94. The van der Waals surface area contributed by atoms with Crippen LogP contribution in [0.25, 0.3) is 0 Å². The molecule has 3 radical (unpaired) electrons. The number of Topliss-reactive ketones (excluding diaryl/α,β-unsaturated/α-hetero) is 1. The van der Waals surface area contributed by atoms with Crippen molar-refractivity contribution < 1.29 is 117 Å². The van der Waals surface area contributed by atoms with Crippen LogP contribution in [0.1, 0.15) is 65.5 Å². The molecule has 20 nitrogen and oxygen atoms in total. The zero-order chi connectivity index (χ0) is 48.5. The summed E-state index contributed by atoms with van der Waals surface area (Å²) < 4.78 is 14.0. The minimum atomic E-state index is -1.25. The number of benzene rings is 2. The van der Waals surface area contributed by atoms with Crippen molar-refractivity contribution in [3.05, 3.63) is 97.1 Å². The number of β-amino-alcohol motifs (C(OH)–C–C–N with tert-alkyl or cyclic N) is 1. The van der Waals surface area contributed by atoms with Crippen LogP contribution in [-0.4, -0.2) is 123 Å². The van der Waals surface area contributed by atoms with Gasteiger partial charge in [0.05, 0.1) is 24.6 Å². The van der Waals surface area contributed by atoms with Crippen LogP contribution >= 0.6 is 0 Å². The molecular weight excluding hydrogens is 854 g/mol. The van der Waals surface area contributed by atoms with Crippen molar-refractivity contribution in [1.29, 1.82) is 0 Å². The number of ketones is 1. The van der Waals surface area contributed by atoms with E-state index in [0.29, 0.717) is 0 Å². The molecule has 2 aromatic carbocycles. The molecule has 2 aliphatic rings. The predicted octanol–water partition coefficient (Wildman–Crippen LogP) is 1.03. The van der Waals surface area contributed by atoms with Crippen molar-refractivity contribution in [2.75, 3.05) is 13.1 Å². The van der Waals surface area contributed by atoms with Crippen LogP contribution in [-0.2, 0) is 70.7 Å². The predicted molar refractivity (Wildman–Crippen MR) is 221 cm³/mol. The number of carbonyl (C=O) groups excluding carboxylic acids is 6. The second kappa shape index (κ2) is 30.1. The largest absolute Gasteiger partial charge is 1.00 e. The number of carboxylic acid groups (broad SMARTS) is 3. The van der Waals surface area contributed by atoms with E-state index >= 15 is 0 Å². The van der Waals surface area contributed by atoms with Gasteiger partial charge in [0.15, 0.2) is 5.78 Å². The van der Waals surface area contributed by atoms with Crippen molar-refractivity contribution in [2.24, 2.45) is 10.8 Å². The topological polar surface area (TPSA) is 287 Å². The quantitative estimate of drug-likeness (QED) is 0.112. The smallest absolute Gasteiger partial charge is 0.793 e. The van der Waals surface area contributed by atoms with E-state index in [9.17, 15) is 53.7 Å². The molecule has 0 aromatic heterocycles.